The molecule has 2 aliphatic carbocycles. The van der Waals surface area contributed by atoms with E-state index in [4.69, 9.17) is 0 Å². The Kier molecular flexibility index (Phi) is 2.03. The Morgan fingerprint density at radius 3 is 2.92 bits per heavy atom. The first-order valence-electron chi connectivity index (χ1n) is 4.95. The number of Topliss-reactive ketones (excluding diaryl/α,β-unsaturated/α-hetero) is 1. The second-order valence-corrected chi connectivity index (χ2v) is 4.18. The number of hydrogen-bond acceptors (Lipinski definition) is 1. The Morgan fingerprint density at radius 1 is 1.33 bits per heavy atom. The fourth-order valence-corrected chi connectivity index (χ4v) is 2.86. The van der Waals surface area contributed by atoms with Gasteiger partial charge in [-0.25, -0.2) is 0 Å². The third kappa shape index (κ3) is 1.21. The first kappa shape index (κ1) is 8.03. The molecule has 0 heterocycles. The Hall–Kier alpha value is -0.590. The first-order valence-corrected chi connectivity index (χ1v) is 4.95. The number of hydrogen-bond donors (Lipinski definition) is 0. The van der Waals surface area contributed by atoms with Crippen LogP contribution in [0.1, 0.15) is 32.1 Å². The van der Waals surface area contributed by atoms with Crippen molar-refractivity contribution in [2.45, 2.75) is 32.1 Å². The summed E-state index contributed by atoms with van der Waals surface area (Å²) in [6, 6.07) is 0. The van der Waals surface area contributed by atoms with Crippen LogP contribution in [0.4, 0.5) is 0 Å². The minimum Gasteiger partial charge on any atom is -0.300 e. The number of rotatable bonds is 1. The minimum absolute atomic E-state index is 0.477. The van der Waals surface area contributed by atoms with Crippen LogP contribution in [0, 0.1) is 17.8 Å². The van der Waals surface area contributed by atoms with E-state index in [2.05, 4.69) is 12.7 Å². The molecular weight excluding hydrogens is 148 g/mol. The molecular formula is C11H16O. The third-order valence-corrected chi connectivity index (χ3v) is 3.59. The van der Waals surface area contributed by atoms with E-state index in [9.17, 15) is 4.79 Å². The molecule has 0 radical (unpaired) electrons. The number of carbonyl (C=O) groups excluding carboxylic acids is 1. The zero-order valence-corrected chi connectivity index (χ0v) is 7.46. The Labute approximate surface area is 73.8 Å². The average molecular weight is 164 g/mol. The summed E-state index contributed by atoms with van der Waals surface area (Å²) in [4.78, 5) is 11.2. The molecule has 2 fully saturated rings. The van der Waals surface area contributed by atoms with Crippen LogP contribution < -0.4 is 0 Å². The maximum absolute atomic E-state index is 11.2. The zero-order valence-electron chi connectivity index (χ0n) is 7.46. The van der Waals surface area contributed by atoms with E-state index < -0.39 is 0 Å². The summed E-state index contributed by atoms with van der Waals surface area (Å²) >= 11 is 0. The topological polar surface area (TPSA) is 17.1 Å². The highest BCUT2D eigenvalue weighted by Gasteiger charge is 2.38. The molecule has 0 saturated heterocycles. The van der Waals surface area contributed by atoms with Crippen LogP contribution >= 0.6 is 0 Å². The van der Waals surface area contributed by atoms with Crippen LogP contribution in [0.3, 0.4) is 0 Å². The lowest BCUT2D eigenvalue weighted by atomic mass is 9.77. The molecule has 2 rings (SSSR count). The highest BCUT2D eigenvalue weighted by Crippen LogP contribution is 2.45. The van der Waals surface area contributed by atoms with Crippen LogP contribution in [0.15, 0.2) is 12.7 Å². The van der Waals surface area contributed by atoms with Crippen molar-refractivity contribution in [3.05, 3.63) is 12.7 Å². The molecule has 1 heteroatoms. The molecule has 66 valence electrons. The van der Waals surface area contributed by atoms with Crippen LogP contribution in [-0.2, 0) is 4.79 Å². The van der Waals surface area contributed by atoms with Gasteiger partial charge in [0, 0.05) is 12.8 Å². The van der Waals surface area contributed by atoms with Crippen molar-refractivity contribution in [3.63, 3.8) is 0 Å². The molecule has 3 atom stereocenters. The van der Waals surface area contributed by atoms with Crippen molar-refractivity contribution in [3.8, 4) is 0 Å². The standard InChI is InChI=1S/C11H16O/c1-2-8-3-4-9-5-6-10(12)7-11(8)9/h2,8-9,11H,1,3-7H2/t8-,9-,11-/m1/s1. The van der Waals surface area contributed by atoms with Gasteiger partial charge in [0.15, 0.2) is 0 Å². The second-order valence-electron chi connectivity index (χ2n) is 4.18. The molecule has 0 aliphatic heterocycles. The van der Waals surface area contributed by atoms with E-state index >= 15 is 0 Å². The maximum Gasteiger partial charge on any atom is 0.133 e. The predicted molar refractivity (Wildman–Crippen MR) is 48.8 cm³/mol. The maximum atomic E-state index is 11.2. The van der Waals surface area contributed by atoms with Gasteiger partial charge in [0.1, 0.15) is 5.78 Å². The van der Waals surface area contributed by atoms with E-state index in [1.165, 1.54) is 12.8 Å². The quantitative estimate of drug-likeness (QED) is 0.544. The van der Waals surface area contributed by atoms with Crippen molar-refractivity contribution in [1.82, 2.24) is 0 Å². The van der Waals surface area contributed by atoms with E-state index in [1.54, 1.807) is 0 Å². The summed E-state index contributed by atoms with van der Waals surface area (Å²) in [5, 5.41) is 0. The molecule has 0 spiro atoms. The Balaban J connectivity index is 2.09. The molecule has 0 amide bonds. The molecule has 0 unspecified atom stereocenters. The average Bonchev–Trinajstić information content (AvgIpc) is 2.46. The van der Waals surface area contributed by atoms with Gasteiger partial charge in [0.05, 0.1) is 0 Å². The van der Waals surface area contributed by atoms with Gasteiger partial charge in [0.25, 0.3) is 0 Å². The van der Waals surface area contributed by atoms with E-state index in [-0.39, 0.29) is 0 Å². The molecule has 2 saturated carbocycles. The minimum atomic E-state index is 0.477. The molecule has 2 aliphatic rings. The summed E-state index contributed by atoms with van der Waals surface area (Å²) in [5.41, 5.74) is 0. The van der Waals surface area contributed by atoms with Gasteiger partial charge in [-0.05, 0) is 37.0 Å². The van der Waals surface area contributed by atoms with Crippen LogP contribution in [-0.4, -0.2) is 5.78 Å². The van der Waals surface area contributed by atoms with E-state index in [1.807, 2.05) is 0 Å². The number of allylic oxidation sites excluding steroid dienone is 1. The zero-order chi connectivity index (χ0) is 8.55. The summed E-state index contributed by atoms with van der Waals surface area (Å²) in [5.74, 6) is 2.61. The van der Waals surface area contributed by atoms with Gasteiger partial charge in [-0.15, -0.1) is 6.58 Å². The number of carbonyl (C=O) groups is 1. The molecule has 0 aromatic rings. The van der Waals surface area contributed by atoms with Gasteiger partial charge in [-0.2, -0.15) is 0 Å². The van der Waals surface area contributed by atoms with E-state index in [0.29, 0.717) is 17.6 Å². The van der Waals surface area contributed by atoms with Crippen molar-refractivity contribution in [2.24, 2.45) is 17.8 Å². The fourth-order valence-electron chi connectivity index (χ4n) is 2.86. The molecule has 0 N–H and O–H groups in total. The number of ketones is 1. The summed E-state index contributed by atoms with van der Waals surface area (Å²) in [7, 11) is 0. The van der Waals surface area contributed by atoms with Gasteiger partial charge >= 0.3 is 0 Å². The molecule has 1 nitrogen and oxygen atoms in total. The summed E-state index contributed by atoms with van der Waals surface area (Å²) < 4.78 is 0. The molecule has 12 heavy (non-hydrogen) atoms. The lowest BCUT2D eigenvalue weighted by Gasteiger charge is -2.26. The smallest absolute Gasteiger partial charge is 0.133 e. The largest absolute Gasteiger partial charge is 0.300 e. The Bertz CT molecular complexity index is 207. The van der Waals surface area contributed by atoms with Gasteiger partial charge in [0.2, 0.25) is 0 Å². The first-order chi connectivity index (χ1) is 5.81. The summed E-state index contributed by atoms with van der Waals surface area (Å²) in [6.45, 7) is 3.85. The monoisotopic (exact) mass is 164 g/mol. The van der Waals surface area contributed by atoms with Gasteiger partial charge in [-0.1, -0.05) is 6.08 Å². The van der Waals surface area contributed by atoms with Crippen molar-refractivity contribution in [2.75, 3.05) is 0 Å². The van der Waals surface area contributed by atoms with Gasteiger partial charge < -0.3 is 0 Å². The fraction of sp³-hybridized carbons (Fsp3) is 0.727. The second kappa shape index (κ2) is 3.04. The lowest BCUT2D eigenvalue weighted by Crippen LogP contribution is -2.23. The van der Waals surface area contributed by atoms with Crippen LogP contribution in [0.25, 0.3) is 0 Å². The van der Waals surface area contributed by atoms with Crippen LogP contribution in [0.2, 0.25) is 0 Å². The Morgan fingerprint density at radius 2 is 2.17 bits per heavy atom. The lowest BCUT2D eigenvalue weighted by molar-refractivity contribution is -0.122. The van der Waals surface area contributed by atoms with E-state index in [0.717, 1.165) is 25.2 Å². The van der Waals surface area contributed by atoms with Crippen molar-refractivity contribution < 1.29 is 4.79 Å². The summed E-state index contributed by atoms with van der Waals surface area (Å²) in [6.07, 6.45) is 7.48. The normalized spacial score (nSPS) is 41.0. The highest BCUT2D eigenvalue weighted by atomic mass is 16.1. The number of fused-ring (bicyclic) bond motifs is 1. The van der Waals surface area contributed by atoms with Crippen molar-refractivity contribution in [1.29, 1.82) is 0 Å². The molecule has 0 aromatic heterocycles. The highest BCUT2D eigenvalue weighted by molar-refractivity contribution is 5.79. The predicted octanol–water partition coefficient (Wildman–Crippen LogP) is 2.57. The molecule has 0 bridgehead atoms. The van der Waals surface area contributed by atoms with Crippen LogP contribution in [0.5, 0.6) is 0 Å². The third-order valence-electron chi connectivity index (χ3n) is 3.59. The van der Waals surface area contributed by atoms with Gasteiger partial charge in [-0.3, -0.25) is 4.79 Å². The van der Waals surface area contributed by atoms with Crippen molar-refractivity contribution >= 4 is 5.78 Å². The SMILES string of the molecule is C=C[C@@H]1CC[C@@H]2CCC(=O)C[C@@H]21. The molecule has 0 aromatic carbocycles.